The summed E-state index contributed by atoms with van der Waals surface area (Å²) in [4.78, 5) is 6.65. The van der Waals surface area contributed by atoms with Crippen LogP contribution in [0.25, 0.3) is 0 Å². The maximum atomic E-state index is 5.09. The fourth-order valence-corrected chi connectivity index (χ4v) is 1.59. The molecule has 2 heterocycles. The lowest BCUT2D eigenvalue weighted by Gasteiger charge is -2.28. The van der Waals surface area contributed by atoms with Gasteiger partial charge >= 0.3 is 0 Å². The second kappa shape index (κ2) is 9.59. The van der Waals surface area contributed by atoms with Crippen LogP contribution in [0.4, 0.5) is 5.82 Å². The first-order valence-corrected chi connectivity index (χ1v) is 4.87. The molecule has 7 heteroatoms. The van der Waals surface area contributed by atoms with E-state index in [2.05, 4.69) is 15.2 Å². The van der Waals surface area contributed by atoms with Gasteiger partial charge in [-0.05, 0) is 6.07 Å². The number of hydrogen-bond acceptors (Lipinski definition) is 4. The van der Waals surface area contributed by atoms with Crippen molar-refractivity contribution in [2.24, 2.45) is 0 Å². The maximum absolute atomic E-state index is 5.09. The molecule has 2 rings (SSSR count). The van der Waals surface area contributed by atoms with E-state index in [9.17, 15) is 0 Å². The molecule has 1 aromatic heterocycles. The Labute approximate surface area is 120 Å². The van der Waals surface area contributed by atoms with E-state index in [1.165, 1.54) is 0 Å². The van der Waals surface area contributed by atoms with Crippen molar-refractivity contribution in [2.75, 3.05) is 38.2 Å². The topological polar surface area (TPSA) is 37.4 Å². The number of nitrogens with zero attached hydrogens (tertiary/aromatic N) is 2. The molecule has 4 nitrogen and oxygen atoms in total. The van der Waals surface area contributed by atoms with Crippen LogP contribution in [0, 0.1) is 0 Å². The Kier molecular flexibility index (Phi) is 10.7. The lowest BCUT2D eigenvalue weighted by atomic mass is 10.3. The molecule has 0 aliphatic carbocycles. The van der Waals surface area contributed by atoms with Crippen molar-refractivity contribution < 1.29 is 4.74 Å². The Morgan fingerprint density at radius 1 is 1.18 bits per heavy atom. The number of rotatable bonds is 2. The summed E-state index contributed by atoms with van der Waals surface area (Å²) in [5.41, 5.74) is 0. The summed E-state index contributed by atoms with van der Waals surface area (Å²) in [7, 11) is 1.64. The average molecular weight is 303 g/mol. The molecular weight excluding hydrogens is 284 g/mol. The number of pyridine rings is 1. The average Bonchev–Trinajstić information content (AvgIpc) is 2.30. The van der Waals surface area contributed by atoms with Gasteiger partial charge in [0, 0.05) is 32.2 Å². The van der Waals surface area contributed by atoms with Crippen molar-refractivity contribution >= 4 is 43.0 Å². The number of anilines is 1. The molecule has 17 heavy (non-hydrogen) atoms. The minimum atomic E-state index is 0. The number of halogens is 3. The third-order valence-electron chi connectivity index (χ3n) is 2.36. The van der Waals surface area contributed by atoms with E-state index in [0.717, 1.165) is 32.0 Å². The van der Waals surface area contributed by atoms with Gasteiger partial charge < -0.3 is 15.0 Å². The summed E-state index contributed by atoms with van der Waals surface area (Å²) in [6.45, 7) is 4.08. The van der Waals surface area contributed by atoms with Gasteiger partial charge in [0.25, 0.3) is 0 Å². The summed E-state index contributed by atoms with van der Waals surface area (Å²) < 4.78 is 5.09. The maximum Gasteiger partial charge on any atom is 0.214 e. The molecule has 1 saturated heterocycles. The smallest absolute Gasteiger partial charge is 0.214 e. The van der Waals surface area contributed by atoms with Gasteiger partial charge in [0.2, 0.25) is 5.88 Å². The second-order valence-corrected chi connectivity index (χ2v) is 3.28. The van der Waals surface area contributed by atoms with Crippen molar-refractivity contribution in [1.29, 1.82) is 0 Å². The zero-order valence-electron chi connectivity index (χ0n) is 9.59. The predicted octanol–water partition coefficient (Wildman–Crippen LogP) is 1.77. The molecule has 1 fully saturated rings. The standard InChI is InChI=1S/C10H15N3O.3ClH/c1-14-10-4-2-3-9(12-10)13-7-5-11-6-8-13;;;/h2-4,11H,5-8H2,1H3;3*1H. The second-order valence-electron chi connectivity index (χ2n) is 3.28. The highest BCUT2D eigenvalue weighted by Gasteiger charge is 2.11. The largest absolute Gasteiger partial charge is 0.481 e. The fraction of sp³-hybridized carbons (Fsp3) is 0.500. The predicted molar refractivity (Wildman–Crippen MR) is 77.6 cm³/mol. The van der Waals surface area contributed by atoms with Crippen molar-refractivity contribution in [3.63, 3.8) is 0 Å². The molecule has 0 bridgehead atoms. The Morgan fingerprint density at radius 3 is 2.41 bits per heavy atom. The molecule has 1 aliphatic heterocycles. The zero-order valence-corrected chi connectivity index (χ0v) is 12.0. The summed E-state index contributed by atoms with van der Waals surface area (Å²) in [6, 6.07) is 5.86. The molecule has 100 valence electrons. The van der Waals surface area contributed by atoms with Gasteiger partial charge in [-0.15, -0.1) is 37.2 Å². The number of piperazine rings is 1. The molecule has 0 atom stereocenters. The molecule has 0 amide bonds. The van der Waals surface area contributed by atoms with Crippen molar-refractivity contribution in [3.8, 4) is 5.88 Å². The number of hydrogen-bond donors (Lipinski definition) is 1. The van der Waals surface area contributed by atoms with Crippen LogP contribution in [0.3, 0.4) is 0 Å². The first-order chi connectivity index (χ1) is 6.90. The molecule has 0 aromatic carbocycles. The van der Waals surface area contributed by atoms with E-state index in [1.807, 2.05) is 18.2 Å². The van der Waals surface area contributed by atoms with Crippen LogP contribution in [0.5, 0.6) is 5.88 Å². The van der Waals surface area contributed by atoms with Gasteiger partial charge in [0.1, 0.15) is 5.82 Å². The molecule has 1 aliphatic rings. The summed E-state index contributed by atoms with van der Waals surface area (Å²) >= 11 is 0. The van der Waals surface area contributed by atoms with Crippen LogP contribution in [0.15, 0.2) is 18.2 Å². The van der Waals surface area contributed by atoms with Crippen LogP contribution in [0.1, 0.15) is 0 Å². The molecule has 0 saturated carbocycles. The minimum Gasteiger partial charge on any atom is -0.481 e. The van der Waals surface area contributed by atoms with Crippen molar-refractivity contribution in [2.45, 2.75) is 0 Å². The van der Waals surface area contributed by atoms with Gasteiger partial charge in [-0.3, -0.25) is 0 Å². The van der Waals surface area contributed by atoms with E-state index < -0.39 is 0 Å². The van der Waals surface area contributed by atoms with Crippen molar-refractivity contribution in [1.82, 2.24) is 10.3 Å². The summed E-state index contributed by atoms with van der Waals surface area (Å²) in [5, 5.41) is 3.31. The highest BCUT2D eigenvalue weighted by molar-refractivity contribution is 5.86. The van der Waals surface area contributed by atoms with Gasteiger partial charge in [0.05, 0.1) is 7.11 Å². The van der Waals surface area contributed by atoms with Crippen LogP contribution in [0.2, 0.25) is 0 Å². The Morgan fingerprint density at radius 2 is 1.82 bits per heavy atom. The first kappa shape index (κ1) is 18.9. The van der Waals surface area contributed by atoms with E-state index >= 15 is 0 Å². The first-order valence-electron chi connectivity index (χ1n) is 4.87. The third kappa shape index (κ3) is 5.17. The Bertz CT molecular complexity index is 309. The number of nitrogens with one attached hydrogen (secondary N) is 1. The van der Waals surface area contributed by atoms with Crippen LogP contribution in [-0.4, -0.2) is 38.3 Å². The zero-order chi connectivity index (χ0) is 9.80. The highest BCUT2D eigenvalue weighted by atomic mass is 35.5. The van der Waals surface area contributed by atoms with Gasteiger partial charge in [-0.2, -0.15) is 4.98 Å². The van der Waals surface area contributed by atoms with E-state index in [-0.39, 0.29) is 37.2 Å². The third-order valence-corrected chi connectivity index (χ3v) is 2.36. The molecule has 0 radical (unpaired) electrons. The van der Waals surface area contributed by atoms with Gasteiger partial charge in [0.15, 0.2) is 0 Å². The number of aromatic nitrogens is 1. The van der Waals surface area contributed by atoms with Crippen LogP contribution >= 0.6 is 37.2 Å². The molecular formula is C10H18Cl3N3O. The van der Waals surface area contributed by atoms with Crippen molar-refractivity contribution in [3.05, 3.63) is 18.2 Å². The molecule has 1 aromatic rings. The Hall–Kier alpha value is -0.420. The van der Waals surface area contributed by atoms with Crippen LogP contribution in [-0.2, 0) is 0 Å². The number of ether oxygens (including phenoxy) is 1. The number of methoxy groups -OCH3 is 1. The van der Waals surface area contributed by atoms with E-state index in [1.54, 1.807) is 7.11 Å². The lowest BCUT2D eigenvalue weighted by Crippen LogP contribution is -2.43. The molecule has 1 N–H and O–H groups in total. The molecule has 0 unspecified atom stereocenters. The minimum absolute atomic E-state index is 0. The Balaban J connectivity index is 0. The SMILES string of the molecule is COc1cccc(N2CCNCC2)n1.Cl.Cl.Cl. The monoisotopic (exact) mass is 301 g/mol. The normalized spacial score (nSPS) is 13.8. The highest BCUT2D eigenvalue weighted by Crippen LogP contribution is 2.15. The quantitative estimate of drug-likeness (QED) is 0.903. The summed E-state index contributed by atoms with van der Waals surface area (Å²) in [6.07, 6.45) is 0. The van der Waals surface area contributed by atoms with E-state index in [0.29, 0.717) is 5.88 Å². The van der Waals surface area contributed by atoms with Gasteiger partial charge in [-0.25, -0.2) is 0 Å². The fourth-order valence-electron chi connectivity index (χ4n) is 1.59. The lowest BCUT2D eigenvalue weighted by molar-refractivity contribution is 0.397. The van der Waals surface area contributed by atoms with Gasteiger partial charge in [-0.1, -0.05) is 6.07 Å². The van der Waals surface area contributed by atoms with Crippen LogP contribution < -0.4 is 15.0 Å². The summed E-state index contributed by atoms with van der Waals surface area (Å²) in [5.74, 6) is 1.69. The molecule has 0 spiro atoms. The van der Waals surface area contributed by atoms with E-state index in [4.69, 9.17) is 4.74 Å².